The highest BCUT2D eigenvalue weighted by atomic mass is 32.2. The summed E-state index contributed by atoms with van der Waals surface area (Å²) in [5.74, 6) is 0. The fraction of sp³-hybridized carbons (Fsp3) is 0.417. The number of thioether (sulfide) groups is 1. The van der Waals surface area contributed by atoms with Crippen LogP contribution in [0, 0.1) is 0 Å². The van der Waals surface area contributed by atoms with Crippen LogP contribution in [-0.2, 0) is 13.6 Å². The summed E-state index contributed by atoms with van der Waals surface area (Å²) in [6.45, 7) is 4.28. The van der Waals surface area contributed by atoms with Crippen molar-refractivity contribution in [3.05, 3.63) is 24.3 Å². The highest BCUT2D eigenvalue weighted by Crippen LogP contribution is 2.52. The average Bonchev–Trinajstić information content (AvgIpc) is 2.80. The van der Waals surface area contributed by atoms with Gasteiger partial charge in [-0.2, -0.15) is 0 Å². The van der Waals surface area contributed by atoms with Crippen LogP contribution in [0.5, 0.6) is 0 Å². The summed E-state index contributed by atoms with van der Waals surface area (Å²) in [6.07, 6.45) is 0. The predicted octanol–water partition coefficient (Wildman–Crippen LogP) is 4.14. The number of para-hydroxylation sites is 2. The molecular weight excluding hydrogens is 285 g/mol. The molecule has 7 heteroatoms. The van der Waals surface area contributed by atoms with E-state index in [9.17, 15) is 4.57 Å². The van der Waals surface area contributed by atoms with Crippen molar-refractivity contribution in [2.24, 2.45) is 0 Å². The minimum absolute atomic E-state index is 0.196. The summed E-state index contributed by atoms with van der Waals surface area (Å²) < 4.78 is 28.2. The number of hydrogen-bond acceptors (Lipinski definition) is 6. The Morgan fingerprint density at radius 1 is 1.26 bits per heavy atom. The van der Waals surface area contributed by atoms with Crippen molar-refractivity contribution in [1.82, 2.24) is 4.98 Å². The van der Waals surface area contributed by atoms with Crippen LogP contribution in [0.25, 0.3) is 11.1 Å². The van der Waals surface area contributed by atoms with Crippen LogP contribution in [0.3, 0.4) is 0 Å². The fourth-order valence-corrected chi connectivity index (χ4v) is 4.40. The van der Waals surface area contributed by atoms with E-state index in [0.29, 0.717) is 24.0 Å². The molecule has 0 N–H and O–H groups in total. The summed E-state index contributed by atoms with van der Waals surface area (Å²) in [7, 11) is -3.07. The predicted molar refractivity (Wildman–Crippen MR) is 75.6 cm³/mol. The Morgan fingerprint density at radius 3 is 2.58 bits per heavy atom. The van der Waals surface area contributed by atoms with E-state index >= 15 is 0 Å². The van der Waals surface area contributed by atoms with E-state index in [-0.39, 0.29) is 5.49 Å². The third-order valence-electron chi connectivity index (χ3n) is 2.27. The van der Waals surface area contributed by atoms with Gasteiger partial charge in [-0.3, -0.25) is 4.57 Å². The quantitative estimate of drug-likeness (QED) is 0.565. The smallest absolute Gasteiger partial charge is 0.340 e. The number of rotatable bonds is 7. The molecule has 0 atom stereocenters. The third kappa shape index (κ3) is 3.83. The molecule has 0 spiro atoms. The first-order valence-corrected chi connectivity index (χ1v) is 8.74. The van der Waals surface area contributed by atoms with Crippen molar-refractivity contribution < 1.29 is 18.0 Å². The fourth-order valence-electron chi connectivity index (χ4n) is 1.55. The summed E-state index contributed by atoms with van der Waals surface area (Å²) in [4.78, 5) is 4.30. The monoisotopic (exact) mass is 301 g/mol. The number of nitrogens with zero attached hydrogens (tertiary/aromatic N) is 1. The lowest BCUT2D eigenvalue weighted by atomic mass is 10.3. The van der Waals surface area contributed by atoms with Gasteiger partial charge in [0.2, 0.25) is 0 Å². The van der Waals surface area contributed by atoms with E-state index in [1.807, 2.05) is 24.3 Å². The van der Waals surface area contributed by atoms with Crippen molar-refractivity contribution >= 4 is 30.5 Å². The molecule has 0 aliphatic rings. The van der Waals surface area contributed by atoms with Gasteiger partial charge in [0, 0.05) is 0 Å². The maximum Gasteiger partial charge on any atom is 0.340 e. The molecule has 0 saturated heterocycles. The molecule has 0 unspecified atom stereocenters. The van der Waals surface area contributed by atoms with Gasteiger partial charge in [-0.25, -0.2) is 4.98 Å². The molecule has 1 aromatic carbocycles. The van der Waals surface area contributed by atoms with Crippen LogP contribution in [0.1, 0.15) is 13.8 Å². The molecule has 5 nitrogen and oxygen atoms in total. The zero-order chi connectivity index (χ0) is 13.7. The largest absolute Gasteiger partial charge is 0.431 e. The van der Waals surface area contributed by atoms with Gasteiger partial charge in [-0.15, -0.1) is 0 Å². The van der Waals surface area contributed by atoms with Gasteiger partial charge in [0.15, 0.2) is 5.58 Å². The Hall–Kier alpha value is -0.810. The van der Waals surface area contributed by atoms with Crippen molar-refractivity contribution in [2.45, 2.75) is 19.1 Å². The molecule has 2 aromatic rings. The molecule has 1 heterocycles. The van der Waals surface area contributed by atoms with Crippen molar-refractivity contribution in [2.75, 3.05) is 18.7 Å². The molecule has 19 heavy (non-hydrogen) atoms. The Kier molecular flexibility index (Phi) is 5.05. The van der Waals surface area contributed by atoms with Gasteiger partial charge in [-0.1, -0.05) is 23.9 Å². The summed E-state index contributed by atoms with van der Waals surface area (Å²) in [6, 6.07) is 7.49. The molecule has 0 fully saturated rings. The zero-order valence-electron chi connectivity index (χ0n) is 10.9. The van der Waals surface area contributed by atoms with Crippen LogP contribution in [0.15, 0.2) is 33.9 Å². The van der Waals surface area contributed by atoms with E-state index < -0.39 is 7.60 Å². The first kappa shape index (κ1) is 14.6. The Labute approximate surface area is 116 Å². The third-order valence-corrected chi connectivity index (χ3v) is 5.78. The topological polar surface area (TPSA) is 61.6 Å². The van der Waals surface area contributed by atoms with Crippen LogP contribution in [-0.4, -0.2) is 23.7 Å². The molecule has 0 aliphatic heterocycles. The number of oxazole rings is 1. The Morgan fingerprint density at radius 2 is 1.95 bits per heavy atom. The van der Waals surface area contributed by atoms with E-state index in [4.69, 9.17) is 13.5 Å². The normalized spacial score (nSPS) is 12.1. The van der Waals surface area contributed by atoms with Gasteiger partial charge in [0.1, 0.15) is 11.0 Å². The van der Waals surface area contributed by atoms with Gasteiger partial charge < -0.3 is 13.5 Å². The highest BCUT2D eigenvalue weighted by molar-refractivity contribution is 8.04. The van der Waals surface area contributed by atoms with E-state index in [1.54, 1.807) is 13.8 Å². The second kappa shape index (κ2) is 6.57. The SMILES string of the molecule is CCOP(=O)(CSc1nc2ccccc2o1)OCC. The lowest BCUT2D eigenvalue weighted by Crippen LogP contribution is -1.97. The van der Waals surface area contributed by atoms with Crippen molar-refractivity contribution in [3.8, 4) is 0 Å². The van der Waals surface area contributed by atoms with Crippen LogP contribution in [0.2, 0.25) is 0 Å². The highest BCUT2D eigenvalue weighted by Gasteiger charge is 2.25. The number of hydrogen-bond donors (Lipinski definition) is 0. The van der Waals surface area contributed by atoms with E-state index in [0.717, 1.165) is 5.52 Å². The molecule has 0 amide bonds. The molecule has 1 aromatic heterocycles. The molecule has 0 bridgehead atoms. The van der Waals surface area contributed by atoms with Gasteiger partial charge in [-0.05, 0) is 26.0 Å². The maximum absolute atomic E-state index is 12.3. The van der Waals surface area contributed by atoms with Gasteiger partial charge in [0.05, 0.1) is 13.2 Å². The lowest BCUT2D eigenvalue weighted by Gasteiger charge is -2.15. The molecular formula is C12H16NO4PS. The van der Waals surface area contributed by atoms with Crippen molar-refractivity contribution in [1.29, 1.82) is 0 Å². The number of fused-ring (bicyclic) bond motifs is 1. The van der Waals surface area contributed by atoms with E-state index in [1.165, 1.54) is 11.8 Å². The molecule has 2 rings (SSSR count). The first-order valence-electron chi connectivity index (χ1n) is 6.03. The second-order valence-electron chi connectivity index (χ2n) is 3.67. The molecule has 104 valence electrons. The lowest BCUT2D eigenvalue weighted by molar-refractivity contribution is 0.224. The molecule has 0 saturated carbocycles. The first-order chi connectivity index (χ1) is 9.17. The zero-order valence-corrected chi connectivity index (χ0v) is 12.6. The number of aromatic nitrogens is 1. The summed E-state index contributed by atoms with van der Waals surface area (Å²) in [5, 5.41) is 0.473. The van der Waals surface area contributed by atoms with Crippen LogP contribution >= 0.6 is 19.4 Å². The number of benzene rings is 1. The van der Waals surface area contributed by atoms with Gasteiger partial charge in [0.25, 0.3) is 5.22 Å². The average molecular weight is 301 g/mol. The van der Waals surface area contributed by atoms with E-state index in [2.05, 4.69) is 4.98 Å². The Balaban J connectivity index is 2.06. The summed E-state index contributed by atoms with van der Waals surface area (Å²) >= 11 is 1.24. The standard InChI is InChI=1S/C12H16NO4PS/c1-3-15-18(14,16-4-2)9-19-12-13-10-7-5-6-8-11(10)17-12/h5-8H,3-4,9H2,1-2H3. The minimum atomic E-state index is -3.07. The maximum atomic E-state index is 12.3. The minimum Gasteiger partial charge on any atom is -0.431 e. The van der Waals surface area contributed by atoms with Crippen molar-refractivity contribution in [3.63, 3.8) is 0 Å². The molecule has 0 aliphatic carbocycles. The second-order valence-corrected chi connectivity index (χ2v) is 7.08. The summed E-state index contributed by atoms with van der Waals surface area (Å²) in [5.41, 5.74) is 1.70. The van der Waals surface area contributed by atoms with Crippen LogP contribution < -0.4 is 0 Å². The Bertz CT molecular complexity index is 543. The van der Waals surface area contributed by atoms with Gasteiger partial charge >= 0.3 is 7.60 Å². The van der Waals surface area contributed by atoms with Crippen LogP contribution in [0.4, 0.5) is 0 Å². The molecule has 0 radical (unpaired) electrons.